The highest BCUT2D eigenvalue weighted by molar-refractivity contribution is 7.86. The number of aliphatic carboxylic acids is 1. The third kappa shape index (κ3) is 15.8. The zero-order valence-corrected chi connectivity index (χ0v) is 14.7. The van der Waals surface area contributed by atoms with E-state index < -0.39 is 16.1 Å². The van der Waals surface area contributed by atoms with Gasteiger partial charge in [-0.2, -0.15) is 8.42 Å². The standard InChI is InChI=1S/C16H32O5S/c1-2-3-15-22(19,20)21-14-12-10-8-6-4-5-7-9-11-13-16(17)18/h2-15H2,1H3,(H,17,18). The molecule has 0 atom stereocenters. The van der Waals surface area contributed by atoms with Crippen LogP contribution in [0.5, 0.6) is 0 Å². The molecule has 6 heteroatoms. The average molecular weight is 336 g/mol. The Morgan fingerprint density at radius 3 is 1.86 bits per heavy atom. The minimum absolute atomic E-state index is 0.130. The number of rotatable bonds is 16. The van der Waals surface area contributed by atoms with E-state index in [4.69, 9.17) is 9.29 Å². The molecule has 5 nitrogen and oxygen atoms in total. The SMILES string of the molecule is CCCCS(=O)(=O)OCCCCCCCCCCCC(=O)O. The molecule has 0 aliphatic carbocycles. The fraction of sp³-hybridized carbons (Fsp3) is 0.938. The van der Waals surface area contributed by atoms with Gasteiger partial charge >= 0.3 is 5.97 Å². The molecule has 0 aliphatic rings. The minimum Gasteiger partial charge on any atom is -0.481 e. The van der Waals surface area contributed by atoms with Crippen LogP contribution in [0, 0.1) is 0 Å². The Labute approximate surface area is 135 Å². The van der Waals surface area contributed by atoms with Crippen molar-refractivity contribution in [2.45, 2.75) is 84.0 Å². The normalized spacial score (nSPS) is 11.7. The number of carboxylic acid groups (broad SMARTS) is 1. The van der Waals surface area contributed by atoms with Gasteiger partial charge in [0.1, 0.15) is 0 Å². The molecule has 0 aromatic heterocycles. The first-order valence-electron chi connectivity index (χ1n) is 8.57. The molecule has 0 radical (unpaired) electrons. The van der Waals surface area contributed by atoms with Gasteiger partial charge in [-0.25, -0.2) is 0 Å². The van der Waals surface area contributed by atoms with Gasteiger partial charge in [-0.1, -0.05) is 58.3 Å². The van der Waals surface area contributed by atoms with Crippen LogP contribution in [0.15, 0.2) is 0 Å². The lowest BCUT2D eigenvalue weighted by Crippen LogP contribution is -2.11. The Morgan fingerprint density at radius 1 is 0.864 bits per heavy atom. The van der Waals surface area contributed by atoms with Gasteiger partial charge in [0.25, 0.3) is 10.1 Å². The average Bonchev–Trinajstić information content (AvgIpc) is 2.46. The molecule has 0 aromatic rings. The van der Waals surface area contributed by atoms with Crippen LogP contribution < -0.4 is 0 Å². The van der Waals surface area contributed by atoms with Gasteiger partial charge < -0.3 is 5.11 Å². The second kappa shape index (κ2) is 14.0. The highest BCUT2D eigenvalue weighted by Crippen LogP contribution is 2.11. The first-order chi connectivity index (χ1) is 10.5. The Morgan fingerprint density at radius 2 is 1.36 bits per heavy atom. The van der Waals surface area contributed by atoms with Crippen LogP contribution in [-0.2, 0) is 19.1 Å². The molecular weight excluding hydrogens is 304 g/mol. The number of hydrogen-bond donors (Lipinski definition) is 1. The van der Waals surface area contributed by atoms with Gasteiger partial charge in [-0.3, -0.25) is 8.98 Å². The van der Waals surface area contributed by atoms with Crippen molar-refractivity contribution in [2.24, 2.45) is 0 Å². The Kier molecular flexibility index (Phi) is 13.6. The lowest BCUT2D eigenvalue weighted by Gasteiger charge is -2.05. The molecule has 0 rings (SSSR count). The van der Waals surface area contributed by atoms with Crippen molar-refractivity contribution in [3.05, 3.63) is 0 Å². The summed E-state index contributed by atoms with van der Waals surface area (Å²) in [6, 6.07) is 0. The van der Waals surface area contributed by atoms with Gasteiger partial charge in [0, 0.05) is 6.42 Å². The van der Waals surface area contributed by atoms with Crippen molar-refractivity contribution in [1.29, 1.82) is 0 Å². The molecule has 0 spiro atoms. The first kappa shape index (κ1) is 21.4. The van der Waals surface area contributed by atoms with E-state index in [0.717, 1.165) is 57.8 Å². The Balaban J connectivity index is 3.25. The van der Waals surface area contributed by atoms with E-state index >= 15 is 0 Å². The zero-order chi connectivity index (χ0) is 16.7. The van der Waals surface area contributed by atoms with E-state index in [1.807, 2.05) is 6.92 Å². The topological polar surface area (TPSA) is 80.7 Å². The predicted molar refractivity (Wildman–Crippen MR) is 88.5 cm³/mol. The molecule has 0 heterocycles. The van der Waals surface area contributed by atoms with Crippen LogP contribution in [0.3, 0.4) is 0 Å². The van der Waals surface area contributed by atoms with Gasteiger partial charge in [0.15, 0.2) is 0 Å². The summed E-state index contributed by atoms with van der Waals surface area (Å²) in [5.74, 6) is -0.579. The number of hydrogen-bond acceptors (Lipinski definition) is 4. The van der Waals surface area contributed by atoms with Crippen molar-refractivity contribution >= 4 is 16.1 Å². The van der Waals surface area contributed by atoms with E-state index in [0.29, 0.717) is 13.0 Å². The third-order valence-corrected chi connectivity index (χ3v) is 4.86. The van der Waals surface area contributed by atoms with E-state index in [9.17, 15) is 13.2 Å². The number of unbranched alkanes of at least 4 members (excludes halogenated alkanes) is 9. The molecule has 0 amide bonds. The summed E-state index contributed by atoms with van der Waals surface area (Å²) in [6.07, 6.45) is 11.1. The third-order valence-electron chi connectivity index (χ3n) is 3.55. The van der Waals surface area contributed by atoms with Crippen molar-refractivity contribution in [3.8, 4) is 0 Å². The fourth-order valence-corrected chi connectivity index (χ4v) is 3.31. The lowest BCUT2D eigenvalue weighted by atomic mass is 10.1. The fourth-order valence-electron chi connectivity index (χ4n) is 2.18. The van der Waals surface area contributed by atoms with Crippen LogP contribution >= 0.6 is 0 Å². The van der Waals surface area contributed by atoms with Crippen LogP contribution in [0.2, 0.25) is 0 Å². The summed E-state index contributed by atoms with van der Waals surface area (Å²) in [4.78, 5) is 10.3. The van der Waals surface area contributed by atoms with Crippen molar-refractivity contribution < 1.29 is 22.5 Å². The maximum atomic E-state index is 11.4. The summed E-state index contributed by atoms with van der Waals surface area (Å²) in [6.45, 7) is 2.27. The molecule has 0 unspecified atom stereocenters. The van der Waals surface area contributed by atoms with Gasteiger partial charge in [-0.05, 0) is 19.3 Å². The quantitative estimate of drug-likeness (QED) is 0.339. The van der Waals surface area contributed by atoms with E-state index in [2.05, 4.69) is 0 Å². The van der Waals surface area contributed by atoms with Crippen LogP contribution in [0.25, 0.3) is 0 Å². The lowest BCUT2D eigenvalue weighted by molar-refractivity contribution is -0.137. The number of carbonyl (C=O) groups is 1. The molecule has 132 valence electrons. The van der Waals surface area contributed by atoms with Crippen LogP contribution in [-0.4, -0.2) is 31.9 Å². The van der Waals surface area contributed by atoms with Crippen molar-refractivity contribution in [1.82, 2.24) is 0 Å². The van der Waals surface area contributed by atoms with E-state index in [-0.39, 0.29) is 12.2 Å². The molecule has 0 aliphatic heterocycles. The maximum absolute atomic E-state index is 11.4. The van der Waals surface area contributed by atoms with E-state index in [1.54, 1.807) is 0 Å². The molecule has 0 fully saturated rings. The predicted octanol–water partition coefficient (Wildman–Crippen LogP) is 4.12. The number of carboxylic acids is 1. The zero-order valence-electron chi connectivity index (χ0n) is 13.9. The molecular formula is C16H32O5S. The second-order valence-electron chi connectivity index (χ2n) is 5.76. The smallest absolute Gasteiger partial charge is 0.303 e. The monoisotopic (exact) mass is 336 g/mol. The molecule has 1 N–H and O–H groups in total. The van der Waals surface area contributed by atoms with Crippen molar-refractivity contribution in [3.63, 3.8) is 0 Å². The molecule has 0 saturated heterocycles. The van der Waals surface area contributed by atoms with Crippen LogP contribution in [0.1, 0.15) is 84.0 Å². The summed E-state index contributed by atoms with van der Waals surface area (Å²) in [5, 5.41) is 8.50. The molecule has 22 heavy (non-hydrogen) atoms. The summed E-state index contributed by atoms with van der Waals surface area (Å²) in [7, 11) is -3.30. The molecule has 0 aromatic carbocycles. The summed E-state index contributed by atoms with van der Waals surface area (Å²) >= 11 is 0. The van der Waals surface area contributed by atoms with Crippen LogP contribution in [0.4, 0.5) is 0 Å². The Bertz CT molecular complexity index is 365. The second-order valence-corrected chi connectivity index (χ2v) is 7.52. The van der Waals surface area contributed by atoms with Gasteiger partial charge in [0.2, 0.25) is 0 Å². The Hall–Kier alpha value is -0.620. The molecule has 0 saturated carbocycles. The van der Waals surface area contributed by atoms with Gasteiger partial charge in [0.05, 0.1) is 12.4 Å². The first-order valence-corrected chi connectivity index (χ1v) is 10.1. The van der Waals surface area contributed by atoms with E-state index in [1.165, 1.54) is 6.42 Å². The summed E-state index contributed by atoms with van der Waals surface area (Å²) < 4.78 is 27.8. The maximum Gasteiger partial charge on any atom is 0.303 e. The summed E-state index contributed by atoms with van der Waals surface area (Å²) in [5.41, 5.74) is 0. The molecule has 0 bridgehead atoms. The van der Waals surface area contributed by atoms with Crippen molar-refractivity contribution in [2.75, 3.05) is 12.4 Å². The highest BCUT2D eigenvalue weighted by Gasteiger charge is 2.09. The highest BCUT2D eigenvalue weighted by atomic mass is 32.2. The van der Waals surface area contributed by atoms with Gasteiger partial charge in [-0.15, -0.1) is 0 Å². The minimum atomic E-state index is -3.30. The largest absolute Gasteiger partial charge is 0.481 e.